The first kappa shape index (κ1) is 18.3. The molecule has 2 aromatic carbocycles. The highest BCUT2D eigenvalue weighted by Crippen LogP contribution is 2.20. The van der Waals surface area contributed by atoms with Gasteiger partial charge in [0.1, 0.15) is 6.26 Å². The molecule has 0 fully saturated rings. The van der Waals surface area contributed by atoms with Crippen LogP contribution in [0.1, 0.15) is 28.9 Å². The summed E-state index contributed by atoms with van der Waals surface area (Å²) in [4.78, 5) is 23.7. The van der Waals surface area contributed by atoms with Crippen molar-refractivity contribution in [2.75, 3.05) is 17.2 Å². The Morgan fingerprint density at radius 1 is 0.963 bits per heavy atom. The van der Waals surface area contributed by atoms with E-state index in [1.807, 2.05) is 42.5 Å². The highest BCUT2D eigenvalue weighted by Gasteiger charge is 2.09. The van der Waals surface area contributed by atoms with Crippen LogP contribution in [0.15, 0.2) is 77.6 Å². The molecule has 138 valence electrons. The molecular weight excluding hydrogens is 342 g/mol. The number of amides is 2. The lowest BCUT2D eigenvalue weighted by molar-refractivity contribution is -0.115. The van der Waals surface area contributed by atoms with Crippen LogP contribution >= 0.6 is 0 Å². The number of nitrogens with one attached hydrogen (secondary N) is 3. The number of furan rings is 1. The lowest BCUT2D eigenvalue weighted by Gasteiger charge is -2.16. The number of carbonyl (C=O) groups excluding carboxylic acids is 2. The molecule has 3 N–H and O–H groups in total. The number of carbonyl (C=O) groups is 2. The van der Waals surface area contributed by atoms with E-state index >= 15 is 0 Å². The van der Waals surface area contributed by atoms with Gasteiger partial charge in [-0.05, 0) is 42.8 Å². The van der Waals surface area contributed by atoms with Crippen LogP contribution in [0, 0.1) is 0 Å². The molecule has 0 aliphatic carbocycles. The zero-order chi connectivity index (χ0) is 19.1. The summed E-state index contributed by atoms with van der Waals surface area (Å²) >= 11 is 0. The SMILES string of the molecule is CC(Nc1ccc(NC(=O)CNC(=O)c2ccoc2)cc1)c1ccccc1. The second kappa shape index (κ2) is 8.71. The van der Waals surface area contributed by atoms with Crippen LogP contribution < -0.4 is 16.0 Å². The second-order valence-electron chi connectivity index (χ2n) is 6.10. The fourth-order valence-electron chi connectivity index (χ4n) is 2.59. The zero-order valence-corrected chi connectivity index (χ0v) is 14.9. The fraction of sp³-hybridized carbons (Fsp3) is 0.143. The van der Waals surface area contributed by atoms with E-state index in [4.69, 9.17) is 4.42 Å². The first-order valence-corrected chi connectivity index (χ1v) is 8.63. The molecule has 3 aromatic rings. The largest absolute Gasteiger partial charge is 0.472 e. The van der Waals surface area contributed by atoms with Crippen LogP contribution in [0.3, 0.4) is 0 Å². The van der Waals surface area contributed by atoms with Gasteiger partial charge in [-0.3, -0.25) is 9.59 Å². The Hall–Kier alpha value is -3.54. The number of rotatable bonds is 7. The lowest BCUT2D eigenvalue weighted by atomic mass is 10.1. The van der Waals surface area contributed by atoms with Crippen molar-refractivity contribution >= 4 is 23.2 Å². The van der Waals surface area contributed by atoms with Crippen molar-refractivity contribution in [3.05, 3.63) is 84.3 Å². The Balaban J connectivity index is 1.48. The molecule has 1 heterocycles. The average molecular weight is 363 g/mol. The van der Waals surface area contributed by atoms with Crippen LogP contribution in [-0.2, 0) is 4.79 Å². The smallest absolute Gasteiger partial charge is 0.254 e. The van der Waals surface area contributed by atoms with Gasteiger partial charge in [-0.2, -0.15) is 0 Å². The molecular formula is C21H21N3O3. The van der Waals surface area contributed by atoms with Crippen molar-refractivity contribution < 1.29 is 14.0 Å². The van der Waals surface area contributed by atoms with Gasteiger partial charge in [0.2, 0.25) is 5.91 Å². The molecule has 1 unspecified atom stereocenters. The van der Waals surface area contributed by atoms with E-state index in [0.29, 0.717) is 11.3 Å². The van der Waals surface area contributed by atoms with Crippen LogP contribution in [0.25, 0.3) is 0 Å². The molecule has 0 aliphatic rings. The molecule has 0 saturated heterocycles. The van der Waals surface area contributed by atoms with Crippen molar-refractivity contribution in [3.8, 4) is 0 Å². The molecule has 1 aromatic heterocycles. The maximum absolute atomic E-state index is 12.0. The third-order valence-electron chi connectivity index (χ3n) is 4.04. The Labute approximate surface area is 157 Å². The third kappa shape index (κ3) is 5.22. The molecule has 0 radical (unpaired) electrons. The van der Waals surface area contributed by atoms with E-state index in [0.717, 1.165) is 5.69 Å². The van der Waals surface area contributed by atoms with Gasteiger partial charge < -0.3 is 20.4 Å². The summed E-state index contributed by atoms with van der Waals surface area (Å²) in [6, 6.07) is 19.3. The minimum absolute atomic E-state index is 0.116. The third-order valence-corrected chi connectivity index (χ3v) is 4.04. The van der Waals surface area contributed by atoms with Gasteiger partial charge in [0.15, 0.2) is 0 Å². The summed E-state index contributed by atoms with van der Waals surface area (Å²) in [5.74, 6) is -0.654. The molecule has 0 spiro atoms. The van der Waals surface area contributed by atoms with Gasteiger partial charge >= 0.3 is 0 Å². The van der Waals surface area contributed by atoms with E-state index in [1.165, 1.54) is 24.2 Å². The summed E-state index contributed by atoms with van der Waals surface area (Å²) in [7, 11) is 0. The molecule has 6 nitrogen and oxygen atoms in total. The molecule has 0 bridgehead atoms. The number of anilines is 2. The van der Waals surface area contributed by atoms with Crippen LogP contribution in [-0.4, -0.2) is 18.4 Å². The van der Waals surface area contributed by atoms with Crippen LogP contribution in [0.4, 0.5) is 11.4 Å². The van der Waals surface area contributed by atoms with Crippen molar-refractivity contribution in [2.24, 2.45) is 0 Å². The van der Waals surface area contributed by atoms with Gasteiger partial charge in [0, 0.05) is 17.4 Å². The van der Waals surface area contributed by atoms with Gasteiger partial charge in [0.05, 0.1) is 18.4 Å². The zero-order valence-electron chi connectivity index (χ0n) is 14.9. The van der Waals surface area contributed by atoms with Gasteiger partial charge in [-0.15, -0.1) is 0 Å². The summed E-state index contributed by atoms with van der Waals surface area (Å²) < 4.78 is 4.84. The summed E-state index contributed by atoms with van der Waals surface area (Å²) in [6.07, 6.45) is 2.73. The Kier molecular flexibility index (Phi) is 5.89. The first-order valence-electron chi connectivity index (χ1n) is 8.63. The summed E-state index contributed by atoms with van der Waals surface area (Å²) in [5.41, 5.74) is 3.20. The highest BCUT2D eigenvalue weighted by atomic mass is 16.3. The highest BCUT2D eigenvalue weighted by molar-refractivity contribution is 5.99. The monoisotopic (exact) mass is 363 g/mol. The minimum Gasteiger partial charge on any atom is -0.472 e. The van der Waals surface area contributed by atoms with Crippen molar-refractivity contribution in [1.82, 2.24) is 5.32 Å². The quantitative estimate of drug-likeness (QED) is 0.596. The Morgan fingerprint density at radius 2 is 1.67 bits per heavy atom. The fourth-order valence-corrected chi connectivity index (χ4v) is 2.59. The van der Waals surface area contributed by atoms with E-state index < -0.39 is 0 Å². The molecule has 0 aliphatic heterocycles. The molecule has 3 rings (SSSR count). The van der Waals surface area contributed by atoms with Gasteiger partial charge in [-0.25, -0.2) is 0 Å². The summed E-state index contributed by atoms with van der Waals surface area (Å²) in [6.45, 7) is 1.97. The van der Waals surface area contributed by atoms with E-state index in [9.17, 15) is 9.59 Å². The normalized spacial score (nSPS) is 11.4. The molecule has 0 saturated carbocycles. The Bertz CT molecular complexity index is 875. The predicted octanol–water partition coefficient (Wildman–Crippen LogP) is 3.82. The predicted molar refractivity (Wildman–Crippen MR) is 105 cm³/mol. The van der Waals surface area contributed by atoms with E-state index in [2.05, 4.69) is 35.0 Å². The average Bonchev–Trinajstić information content (AvgIpc) is 3.23. The maximum atomic E-state index is 12.0. The second-order valence-corrected chi connectivity index (χ2v) is 6.10. The molecule has 1 atom stereocenters. The number of hydrogen-bond donors (Lipinski definition) is 3. The summed E-state index contributed by atoms with van der Waals surface area (Å²) in [5, 5.41) is 8.70. The molecule has 27 heavy (non-hydrogen) atoms. The van der Waals surface area contributed by atoms with Gasteiger partial charge in [0.25, 0.3) is 5.91 Å². The molecule has 2 amide bonds. The topological polar surface area (TPSA) is 83.4 Å². The van der Waals surface area contributed by atoms with Crippen molar-refractivity contribution in [1.29, 1.82) is 0 Å². The maximum Gasteiger partial charge on any atom is 0.254 e. The number of benzene rings is 2. The minimum atomic E-state index is -0.353. The van der Waals surface area contributed by atoms with E-state index in [-0.39, 0.29) is 24.4 Å². The standard InChI is InChI=1S/C21H21N3O3/c1-15(16-5-3-2-4-6-16)23-18-7-9-19(10-8-18)24-20(25)13-22-21(26)17-11-12-27-14-17/h2-12,14-15,23H,13H2,1H3,(H,22,26)(H,24,25). The van der Waals surface area contributed by atoms with Crippen molar-refractivity contribution in [3.63, 3.8) is 0 Å². The van der Waals surface area contributed by atoms with Crippen LogP contribution in [0.5, 0.6) is 0 Å². The first-order chi connectivity index (χ1) is 13.1. The van der Waals surface area contributed by atoms with Gasteiger partial charge in [-0.1, -0.05) is 30.3 Å². The lowest BCUT2D eigenvalue weighted by Crippen LogP contribution is -2.32. The number of hydrogen-bond acceptors (Lipinski definition) is 4. The molecule has 6 heteroatoms. The van der Waals surface area contributed by atoms with Crippen molar-refractivity contribution in [2.45, 2.75) is 13.0 Å². The van der Waals surface area contributed by atoms with E-state index in [1.54, 1.807) is 0 Å². The Morgan fingerprint density at radius 3 is 2.33 bits per heavy atom. The van der Waals surface area contributed by atoms with Crippen LogP contribution in [0.2, 0.25) is 0 Å².